The molecule has 0 bridgehead atoms. The molecule has 1 heterocycles. The van der Waals surface area contributed by atoms with Crippen LogP contribution in [-0.2, 0) is 6.54 Å². The summed E-state index contributed by atoms with van der Waals surface area (Å²) in [4.78, 5) is 16.4. The molecule has 112 valence electrons. The first-order valence-corrected chi connectivity index (χ1v) is 7.97. The number of benzene rings is 2. The summed E-state index contributed by atoms with van der Waals surface area (Å²) in [7, 11) is 0. The van der Waals surface area contributed by atoms with Gasteiger partial charge in [-0.15, -0.1) is 0 Å². The highest BCUT2D eigenvalue weighted by Crippen LogP contribution is 2.15. The van der Waals surface area contributed by atoms with Crippen molar-refractivity contribution in [2.24, 2.45) is 0 Å². The number of aromatic nitrogens is 2. The van der Waals surface area contributed by atoms with Gasteiger partial charge < -0.3 is 9.88 Å². The first-order chi connectivity index (χ1) is 10.8. The Hall–Kier alpha value is -2.14. The number of fused-ring (bicyclic) bond motifs is 1. The zero-order chi connectivity index (χ0) is 15.4. The average molecular weight is 358 g/mol. The second-order valence-electron chi connectivity index (χ2n) is 5.02. The molecule has 22 heavy (non-hydrogen) atoms. The van der Waals surface area contributed by atoms with Gasteiger partial charge in [-0.1, -0.05) is 24.3 Å². The average Bonchev–Trinajstić information content (AvgIpc) is 2.95. The molecule has 2 aromatic carbocycles. The van der Waals surface area contributed by atoms with Gasteiger partial charge in [0.2, 0.25) is 0 Å². The molecule has 0 spiro atoms. The molecule has 0 aliphatic heterocycles. The fourth-order valence-corrected chi connectivity index (χ4v) is 2.85. The number of para-hydroxylation sites is 2. The van der Waals surface area contributed by atoms with Crippen LogP contribution in [0.1, 0.15) is 16.8 Å². The summed E-state index contributed by atoms with van der Waals surface area (Å²) in [5.74, 6) is -0.0528. The number of amides is 1. The van der Waals surface area contributed by atoms with Crippen LogP contribution in [0.5, 0.6) is 0 Å². The van der Waals surface area contributed by atoms with Crippen molar-refractivity contribution in [2.75, 3.05) is 6.54 Å². The van der Waals surface area contributed by atoms with Crippen LogP contribution in [0.2, 0.25) is 0 Å². The number of nitrogens with zero attached hydrogens (tertiary/aromatic N) is 2. The summed E-state index contributed by atoms with van der Waals surface area (Å²) in [5.41, 5.74) is 2.79. The Kier molecular flexibility index (Phi) is 4.53. The second-order valence-corrected chi connectivity index (χ2v) is 5.87. The number of hydrogen-bond donors (Lipinski definition) is 1. The topological polar surface area (TPSA) is 46.9 Å². The molecular weight excluding hydrogens is 342 g/mol. The molecule has 4 nitrogen and oxygen atoms in total. The molecule has 0 fully saturated rings. The predicted octanol–water partition coefficient (Wildman–Crippen LogP) is 3.62. The summed E-state index contributed by atoms with van der Waals surface area (Å²) in [6.45, 7) is 1.46. The Morgan fingerprint density at radius 1 is 1.14 bits per heavy atom. The van der Waals surface area contributed by atoms with Crippen molar-refractivity contribution in [2.45, 2.75) is 13.0 Å². The molecule has 0 unspecified atom stereocenters. The summed E-state index contributed by atoms with van der Waals surface area (Å²) in [6, 6.07) is 15.5. The third kappa shape index (κ3) is 3.20. The molecule has 1 aromatic heterocycles. The highest BCUT2D eigenvalue weighted by atomic mass is 79.9. The SMILES string of the molecule is O=C(NCCCn1cnc2ccccc21)c1ccccc1Br. The fourth-order valence-electron chi connectivity index (χ4n) is 2.38. The molecule has 1 N–H and O–H groups in total. The zero-order valence-electron chi connectivity index (χ0n) is 12.0. The molecule has 3 rings (SSSR count). The minimum atomic E-state index is -0.0528. The number of hydrogen-bond acceptors (Lipinski definition) is 2. The Morgan fingerprint density at radius 2 is 1.91 bits per heavy atom. The first-order valence-electron chi connectivity index (χ1n) is 7.18. The van der Waals surface area contributed by atoms with Crippen molar-refractivity contribution in [3.05, 3.63) is 64.9 Å². The summed E-state index contributed by atoms with van der Waals surface area (Å²) < 4.78 is 2.92. The van der Waals surface area contributed by atoms with Gasteiger partial charge in [0.15, 0.2) is 0 Å². The summed E-state index contributed by atoms with van der Waals surface area (Å²) in [6.07, 6.45) is 2.71. The number of halogens is 1. The van der Waals surface area contributed by atoms with E-state index in [1.807, 2.05) is 48.8 Å². The van der Waals surface area contributed by atoms with E-state index >= 15 is 0 Å². The van der Waals surface area contributed by atoms with Crippen LogP contribution in [0.3, 0.4) is 0 Å². The minimum Gasteiger partial charge on any atom is -0.352 e. The van der Waals surface area contributed by atoms with Gasteiger partial charge in [0, 0.05) is 17.6 Å². The van der Waals surface area contributed by atoms with Crippen LogP contribution in [0.15, 0.2) is 59.3 Å². The van der Waals surface area contributed by atoms with Gasteiger partial charge in [0.05, 0.1) is 22.9 Å². The van der Waals surface area contributed by atoms with Crippen LogP contribution >= 0.6 is 15.9 Å². The van der Waals surface area contributed by atoms with Crippen LogP contribution in [0.4, 0.5) is 0 Å². The minimum absolute atomic E-state index is 0.0528. The lowest BCUT2D eigenvalue weighted by Crippen LogP contribution is -2.25. The van der Waals surface area contributed by atoms with Crippen LogP contribution < -0.4 is 5.32 Å². The quantitative estimate of drug-likeness (QED) is 0.708. The lowest BCUT2D eigenvalue weighted by atomic mass is 10.2. The van der Waals surface area contributed by atoms with Crippen molar-refractivity contribution >= 4 is 32.9 Å². The summed E-state index contributed by atoms with van der Waals surface area (Å²) in [5, 5.41) is 2.95. The van der Waals surface area contributed by atoms with Crippen LogP contribution in [0.25, 0.3) is 11.0 Å². The maximum absolute atomic E-state index is 12.1. The lowest BCUT2D eigenvalue weighted by molar-refractivity contribution is 0.0952. The van der Waals surface area contributed by atoms with Gasteiger partial charge in [-0.25, -0.2) is 4.98 Å². The molecule has 0 aliphatic rings. The van der Waals surface area contributed by atoms with Crippen molar-refractivity contribution in [3.63, 3.8) is 0 Å². The molecule has 0 radical (unpaired) electrons. The monoisotopic (exact) mass is 357 g/mol. The number of nitrogens with one attached hydrogen (secondary N) is 1. The maximum atomic E-state index is 12.1. The van der Waals surface area contributed by atoms with E-state index in [9.17, 15) is 4.79 Å². The van der Waals surface area contributed by atoms with Crippen LogP contribution in [0, 0.1) is 0 Å². The van der Waals surface area contributed by atoms with E-state index in [1.54, 1.807) is 0 Å². The standard InChI is InChI=1S/C17H16BrN3O/c18-14-7-2-1-6-13(14)17(22)19-10-5-11-21-12-20-15-8-3-4-9-16(15)21/h1-4,6-9,12H,5,10-11H2,(H,19,22). The molecule has 3 aromatic rings. The summed E-state index contributed by atoms with van der Waals surface area (Å²) >= 11 is 3.39. The Labute approximate surface area is 137 Å². The highest BCUT2D eigenvalue weighted by Gasteiger charge is 2.08. The molecule has 0 aliphatic carbocycles. The second kappa shape index (κ2) is 6.75. The Bertz CT molecular complexity index is 797. The van der Waals surface area contributed by atoms with Gasteiger partial charge in [-0.05, 0) is 46.6 Å². The highest BCUT2D eigenvalue weighted by molar-refractivity contribution is 9.10. The van der Waals surface area contributed by atoms with Crippen LogP contribution in [-0.4, -0.2) is 22.0 Å². The zero-order valence-corrected chi connectivity index (χ0v) is 13.6. The fraction of sp³-hybridized carbons (Fsp3) is 0.176. The number of aryl methyl sites for hydroxylation is 1. The third-order valence-corrected chi connectivity index (χ3v) is 4.20. The van der Waals surface area contributed by atoms with Crippen molar-refractivity contribution in [3.8, 4) is 0 Å². The third-order valence-electron chi connectivity index (χ3n) is 3.51. The van der Waals surface area contributed by atoms with Gasteiger partial charge in [-0.2, -0.15) is 0 Å². The molecule has 5 heteroatoms. The molecule has 0 atom stereocenters. The number of carbonyl (C=O) groups is 1. The van der Waals surface area contributed by atoms with E-state index in [0.29, 0.717) is 12.1 Å². The van der Waals surface area contributed by atoms with Crippen molar-refractivity contribution in [1.29, 1.82) is 0 Å². The molecular formula is C17H16BrN3O. The molecule has 0 saturated carbocycles. The Balaban J connectivity index is 1.54. The van der Waals surface area contributed by atoms with Gasteiger partial charge in [-0.3, -0.25) is 4.79 Å². The first kappa shape index (κ1) is 14.8. The number of carbonyl (C=O) groups excluding carboxylic acids is 1. The lowest BCUT2D eigenvalue weighted by Gasteiger charge is -2.08. The predicted molar refractivity (Wildman–Crippen MR) is 90.8 cm³/mol. The largest absolute Gasteiger partial charge is 0.352 e. The smallest absolute Gasteiger partial charge is 0.252 e. The van der Waals surface area contributed by atoms with Gasteiger partial charge >= 0.3 is 0 Å². The van der Waals surface area contributed by atoms with E-state index < -0.39 is 0 Å². The number of imidazole rings is 1. The van der Waals surface area contributed by atoms with Crippen molar-refractivity contribution < 1.29 is 4.79 Å². The number of rotatable bonds is 5. The van der Waals surface area contributed by atoms with E-state index in [2.05, 4.69) is 36.9 Å². The van der Waals surface area contributed by atoms with Gasteiger partial charge in [0.1, 0.15) is 0 Å². The maximum Gasteiger partial charge on any atom is 0.252 e. The van der Waals surface area contributed by atoms with E-state index in [4.69, 9.17) is 0 Å². The van der Waals surface area contributed by atoms with E-state index in [-0.39, 0.29) is 5.91 Å². The van der Waals surface area contributed by atoms with Crippen molar-refractivity contribution in [1.82, 2.24) is 14.9 Å². The Morgan fingerprint density at radius 3 is 2.77 bits per heavy atom. The van der Waals surface area contributed by atoms with E-state index in [0.717, 1.165) is 28.5 Å². The molecule has 0 saturated heterocycles. The van der Waals surface area contributed by atoms with E-state index in [1.165, 1.54) is 0 Å². The molecule has 1 amide bonds. The van der Waals surface area contributed by atoms with Gasteiger partial charge in [0.25, 0.3) is 5.91 Å². The normalized spacial score (nSPS) is 10.8.